The molecule has 1 aliphatic rings. The second-order valence-corrected chi connectivity index (χ2v) is 6.94. The van der Waals surface area contributed by atoms with E-state index in [1.807, 2.05) is 0 Å². The highest BCUT2D eigenvalue weighted by Crippen LogP contribution is 2.28. The summed E-state index contributed by atoms with van der Waals surface area (Å²) in [7, 11) is -3.50. The van der Waals surface area contributed by atoms with E-state index >= 15 is 0 Å². The van der Waals surface area contributed by atoms with Gasteiger partial charge in [0.2, 0.25) is 5.09 Å². The fourth-order valence-electron chi connectivity index (χ4n) is 2.26. The summed E-state index contributed by atoms with van der Waals surface area (Å²) in [5.74, 6) is 1.26. The van der Waals surface area contributed by atoms with Crippen LogP contribution >= 0.6 is 0 Å². The largest absolute Gasteiger partial charge is 0.447 e. The average Bonchev–Trinajstić information content (AvgIpc) is 2.77. The van der Waals surface area contributed by atoms with Gasteiger partial charge >= 0.3 is 0 Å². The Kier molecular flexibility index (Phi) is 4.65. The molecule has 1 saturated carbocycles. The summed E-state index contributed by atoms with van der Waals surface area (Å²) in [4.78, 5) is 0. The number of hydrogen-bond donors (Lipinski definition) is 2. The zero-order chi connectivity index (χ0) is 13.9. The van der Waals surface area contributed by atoms with E-state index in [-0.39, 0.29) is 11.1 Å². The lowest BCUT2D eigenvalue weighted by molar-refractivity contribution is 0.268. The highest BCUT2D eigenvalue weighted by molar-refractivity contribution is 7.89. The van der Waals surface area contributed by atoms with Gasteiger partial charge in [-0.2, -0.15) is 0 Å². The summed E-state index contributed by atoms with van der Waals surface area (Å²) in [5, 5.41) is 3.19. The van der Waals surface area contributed by atoms with Crippen molar-refractivity contribution in [1.82, 2.24) is 10.0 Å². The molecule has 5 nitrogen and oxygen atoms in total. The van der Waals surface area contributed by atoms with E-state index in [2.05, 4.69) is 23.9 Å². The van der Waals surface area contributed by atoms with Crippen molar-refractivity contribution in [2.75, 3.05) is 6.54 Å². The van der Waals surface area contributed by atoms with Gasteiger partial charge in [-0.05, 0) is 43.9 Å². The zero-order valence-corrected chi connectivity index (χ0v) is 12.3. The third-order valence-electron chi connectivity index (χ3n) is 3.32. The van der Waals surface area contributed by atoms with Gasteiger partial charge in [0.1, 0.15) is 5.76 Å². The number of nitrogens with one attached hydrogen (secondary N) is 2. The number of sulfonamides is 1. The first-order valence-corrected chi connectivity index (χ1v) is 8.31. The highest BCUT2D eigenvalue weighted by atomic mass is 32.2. The van der Waals surface area contributed by atoms with Crippen molar-refractivity contribution < 1.29 is 12.8 Å². The Labute approximate surface area is 114 Å². The number of furan rings is 1. The van der Waals surface area contributed by atoms with Crippen LogP contribution in [0.2, 0.25) is 0 Å². The molecule has 108 valence electrons. The maximum Gasteiger partial charge on any atom is 0.274 e. The molecule has 1 aliphatic carbocycles. The van der Waals surface area contributed by atoms with Gasteiger partial charge in [-0.3, -0.25) is 0 Å². The summed E-state index contributed by atoms with van der Waals surface area (Å²) in [6, 6.07) is 3.29. The van der Waals surface area contributed by atoms with E-state index in [9.17, 15) is 8.42 Å². The predicted octanol–water partition coefficient (Wildman–Crippen LogP) is 1.86. The molecule has 1 aromatic rings. The molecular weight excluding hydrogens is 264 g/mol. The quantitative estimate of drug-likeness (QED) is 0.751. The third-order valence-corrected chi connectivity index (χ3v) is 4.72. The molecule has 1 fully saturated rings. The van der Waals surface area contributed by atoms with Gasteiger partial charge in [-0.15, -0.1) is 0 Å². The normalized spacial score (nSPS) is 23.3. The summed E-state index contributed by atoms with van der Waals surface area (Å²) in [6.07, 6.45) is 2.85. The molecule has 2 N–H and O–H groups in total. The molecule has 0 amide bonds. The smallest absolute Gasteiger partial charge is 0.274 e. The molecule has 0 aliphatic heterocycles. The monoisotopic (exact) mass is 286 g/mol. The summed E-state index contributed by atoms with van der Waals surface area (Å²) >= 11 is 0. The van der Waals surface area contributed by atoms with Crippen LogP contribution in [-0.2, 0) is 16.6 Å². The van der Waals surface area contributed by atoms with Gasteiger partial charge < -0.3 is 9.73 Å². The standard InChI is InChI=1S/C13H22N2O3S/c1-3-6-14-9-12-4-5-13(18-12)19(16,17)15-11-7-10(2)8-11/h4-5,10-11,14-15H,3,6-9H2,1-2H3. The molecule has 1 aromatic heterocycles. The first-order chi connectivity index (χ1) is 9.01. The Hall–Kier alpha value is -0.850. The zero-order valence-electron chi connectivity index (χ0n) is 11.5. The summed E-state index contributed by atoms with van der Waals surface area (Å²) in [6.45, 7) is 5.65. The van der Waals surface area contributed by atoms with Crippen molar-refractivity contribution in [1.29, 1.82) is 0 Å². The number of hydrogen-bond acceptors (Lipinski definition) is 4. The second-order valence-electron chi connectivity index (χ2n) is 5.29. The van der Waals surface area contributed by atoms with Crippen LogP contribution in [0.15, 0.2) is 21.6 Å². The Morgan fingerprint density at radius 2 is 2.11 bits per heavy atom. The van der Waals surface area contributed by atoms with Crippen LogP contribution in [0.1, 0.15) is 38.9 Å². The minimum atomic E-state index is -3.50. The minimum absolute atomic E-state index is 0.0142. The van der Waals surface area contributed by atoms with Crippen LogP contribution in [-0.4, -0.2) is 21.0 Å². The van der Waals surface area contributed by atoms with Crippen molar-refractivity contribution in [2.45, 2.75) is 50.8 Å². The molecule has 0 bridgehead atoms. The lowest BCUT2D eigenvalue weighted by atomic mass is 9.83. The molecule has 1 heterocycles. The summed E-state index contributed by atoms with van der Waals surface area (Å²) in [5.41, 5.74) is 0. The van der Waals surface area contributed by atoms with Gasteiger partial charge in [-0.1, -0.05) is 13.8 Å². The average molecular weight is 286 g/mol. The van der Waals surface area contributed by atoms with Crippen molar-refractivity contribution in [3.05, 3.63) is 17.9 Å². The van der Waals surface area contributed by atoms with E-state index in [4.69, 9.17) is 4.42 Å². The Balaban J connectivity index is 1.92. The van der Waals surface area contributed by atoms with Crippen LogP contribution in [0, 0.1) is 5.92 Å². The second kappa shape index (κ2) is 6.07. The fraction of sp³-hybridized carbons (Fsp3) is 0.692. The Morgan fingerprint density at radius 3 is 2.74 bits per heavy atom. The minimum Gasteiger partial charge on any atom is -0.447 e. The van der Waals surface area contributed by atoms with Crippen LogP contribution < -0.4 is 10.0 Å². The molecule has 0 saturated heterocycles. The van der Waals surface area contributed by atoms with Gasteiger partial charge in [0.05, 0.1) is 6.54 Å². The summed E-state index contributed by atoms with van der Waals surface area (Å²) < 4.78 is 32.2. The van der Waals surface area contributed by atoms with Gasteiger partial charge in [-0.25, -0.2) is 13.1 Å². The first-order valence-electron chi connectivity index (χ1n) is 6.83. The molecule has 0 unspecified atom stereocenters. The fourth-order valence-corrected chi connectivity index (χ4v) is 3.47. The van der Waals surface area contributed by atoms with Crippen molar-refractivity contribution in [3.63, 3.8) is 0 Å². The first kappa shape index (κ1) is 14.6. The van der Waals surface area contributed by atoms with E-state index in [0.29, 0.717) is 18.2 Å². The molecule has 0 spiro atoms. The maximum absolute atomic E-state index is 12.1. The predicted molar refractivity (Wildman–Crippen MR) is 73.2 cm³/mol. The van der Waals surface area contributed by atoms with Gasteiger partial charge in [0.15, 0.2) is 0 Å². The lowest BCUT2D eigenvalue weighted by Gasteiger charge is -2.32. The maximum atomic E-state index is 12.1. The molecule has 0 aromatic carbocycles. The van der Waals surface area contributed by atoms with E-state index in [0.717, 1.165) is 25.8 Å². The SMILES string of the molecule is CCCNCc1ccc(S(=O)(=O)NC2CC(C)C2)o1. The highest BCUT2D eigenvalue weighted by Gasteiger charge is 2.31. The molecule has 19 heavy (non-hydrogen) atoms. The van der Waals surface area contributed by atoms with Crippen molar-refractivity contribution in [2.24, 2.45) is 5.92 Å². The van der Waals surface area contributed by atoms with E-state index in [1.165, 1.54) is 6.07 Å². The molecule has 6 heteroatoms. The van der Waals surface area contributed by atoms with Crippen LogP contribution in [0.25, 0.3) is 0 Å². The molecule has 0 atom stereocenters. The Bertz CT molecular complexity index is 504. The van der Waals surface area contributed by atoms with E-state index < -0.39 is 10.0 Å². The molecule has 2 rings (SSSR count). The van der Waals surface area contributed by atoms with Crippen LogP contribution in [0.3, 0.4) is 0 Å². The Morgan fingerprint density at radius 1 is 1.37 bits per heavy atom. The molecule has 0 radical (unpaired) electrons. The van der Waals surface area contributed by atoms with Crippen molar-refractivity contribution >= 4 is 10.0 Å². The van der Waals surface area contributed by atoms with Crippen LogP contribution in [0.4, 0.5) is 0 Å². The molecular formula is C13H22N2O3S. The lowest BCUT2D eigenvalue weighted by Crippen LogP contribution is -2.43. The topological polar surface area (TPSA) is 71.3 Å². The van der Waals surface area contributed by atoms with Crippen molar-refractivity contribution in [3.8, 4) is 0 Å². The van der Waals surface area contributed by atoms with Crippen LogP contribution in [0.5, 0.6) is 0 Å². The number of rotatable bonds is 7. The van der Waals surface area contributed by atoms with E-state index in [1.54, 1.807) is 6.07 Å². The van der Waals surface area contributed by atoms with Gasteiger partial charge in [0, 0.05) is 6.04 Å². The van der Waals surface area contributed by atoms with Gasteiger partial charge in [0.25, 0.3) is 10.0 Å². The third kappa shape index (κ3) is 3.81.